The van der Waals surface area contributed by atoms with E-state index in [0.717, 1.165) is 0 Å². The lowest BCUT2D eigenvalue weighted by Crippen LogP contribution is -2.63. The van der Waals surface area contributed by atoms with E-state index in [-0.39, 0.29) is 0 Å². The van der Waals surface area contributed by atoms with Gasteiger partial charge in [0.15, 0.2) is 0 Å². The standard InChI is InChI=1S/C15H29NSi2/c1-14(13-15-11-9-8-10-12-15)16(17(2,3)4)18(5,6)7/h8-12,14H,13H2,1-7H3/t14-/m0/s1. The zero-order chi connectivity index (χ0) is 14.0. The van der Waals surface area contributed by atoms with Crippen molar-refractivity contribution in [2.24, 2.45) is 0 Å². The number of rotatable bonds is 5. The second-order valence-corrected chi connectivity index (χ2v) is 17.3. The Hall–Kier alpha value is -0.386. The lowest BCUT2D eigenvalue weighted by Gasteiger charge is -2.47. The van der Waals surface area contributed by atoms with Gasteiger partial charge in [-0.05, 0) is 18.0 Å². The topological polar surface area (TPSA) is 3.24 Å². The van der Waals surface area contributed by atoms with E-state index < -0.39 is 16.5 Å². The van der Waals surface area contributed by atoms with E-state index in [9.17, 15) is 0 Å². The van der Waals surface area contributed by atoms with Crippen LogP contribution in [0.25, 0.3) is 0 Å². The highest BCUT2D eigenvalue weighted by Crippen LogP contribution is 2.24. The normalized spacial score (nSPS) is 14.9. The molecular formula is C15H29NSi2. The molecule has 0 aromatic heterocycles. The molecule has 0 aliphatic rings. The third-order valence-corrected chi connectivity index (χ3v) is 11.1. The molecule has 0 radical (unpaired) electrons. The fourth-order valence-electron chi connectivity index (χ4n) is 3.38. The van der Waals surface area contributed by atoms with Gasteiger partial charge in [0.05, 0.1) is 0 Å². The van der Waals surface area contributed by atoms with Crippen LogP contribution in [0, 0.1) is 0 Å². The SMILES string of the molecule is C[C@@H](Cc1ccccc1)N([Si](C)(C)C)[Si](C)(C)C. The quantitative estimate of drug-likeness (QED) is 0.713. The molecule has 18 heavy (non-hydrogen) atoms. The van der Waals surface area contributed by atoms with Crippen LogP contribution >= 0.6 is 0 Å². The second kappa shape index (κ2) is 5.72. The summed E-state index contributed by atoms with van der Waals surface area (Å²) in [4.78, 5) is 0. The molecule has 0 amide bonds. The highest BCUT2D eigenvalue weighted by atomic mass is 28.4. The minimum absolute atomic E-state index is 0.658. The minimum Gasteiger partial charge on any atom is -0.343 e. The molecule has 3 heteroatoms. The average molecular weight is 280 g/mol. The molecule has 0 N–H and O–H groups in total. The van der Waals surface area contributed by atoms with Crippen LogP contribution in [0.5, 0.6) is 0 Å². The fraction of sp³-hybridized carbons (Fsp3) is 0.600. The van der Waals surface area contributed by atoms with E-state index in [1.165, 1.54) is 12.0 Å². The van der Waals surface area contributed by atoms with Crippen molar-refractivity contribution < 1.29 is 0 Å². The summed E-state index contributed by atoms with van der Waals surface area (Å²) in [5, 5.41) is 0. The fourth-order valence-corrected chi connectivity index (χ4v) is 14.3. The Bertz CT molecular complexity index is 348. The third kappa shape index (κ3) is 4.37. The molecule has 0 unspecified atom stereocenters. The molecule has 0 bridgehead atoms. The summed E-state index contributed by atoms with van der Waals surface area (Å²) >= 11 is 0. The number of hydrogen-bond donors (Lipinski definition) is 0. The molecule has 1 nitrogen and oxygen atoms in total. The van der Waals surface area contributed by atoms with Gasteiger partial charge in [-0.3, -0.25) is 0 Å². The molecule has 0 saturated carbocycles. The first-order chi connectivity index (χ1) is 8.12. The van der Waals surface area contributed by atoms with Crippen LogP contribution in [0.1, 0.15) is 12.5 Å². The van der Waals surface area contributed by atoms with E-state index in [0.29, 0.717) is 6.04 Å². The lowest BCUT2D eigenvalue weighted by molar-refractivity contribution is 0.469. The number of nitrogens with zero attached hydrogens (tertiary/aromatic N) is 1. The molecule has 1 aromatic rings. The predicted octanol–water partition coefficient (Wildman–Crippen LogP) is 4.59. The molecule has 0 fully saturated rings. The van der Waals surface area contributed by atoms with Crippen molar-refractivity contribution in [2.45, 2.75) is 58.7 Å². The smallest absolute Gasteiger partial charge is 0.112 e. The Kier molecular flexibility index (Phi) is 4.98. The zero-order valence-electron chi connectivity index (χ0n) is 13.1. The zero-order valence-corrected chi connectivity index (χ0v) is 15.1. The molecule has 102 valence electrons. The van der Waals surface area contributed by atoms with Gasteiger partial charge in [-0.2, -0.15) is 0 Å². The maximum Gasteiger partial charge on any atom is 0.112 e. The molecule has 0 saturated heterocycles. The van der Waals surface area contributed by atoms with Crippen LogP contribution in [0.4, 0.5) is 0 Å². The van der Waals surface area contributed by atoms with Gasteiger partial charge in [-0.25, -0.2) is 0 Å². The van der Waals surface area contributed by atoms with E-state index in [1.54, 1.807) is 0 Å². The summed E-state index contributed by atoms with van der Waals surface area (Å²) < 4.78 is 2.90. The second-order valence-electron chi connectivity index (χ2n) is 7.25. The lowest BCUT2D eigenvalue weighted by atomic mass is 10.1. The van der Waals surface area contributed by atoms with Crippen molar-refractivity contribution in [3.63, 3.8) is 0 Å². The van der Waals surface area contributed by atoms with Crippen molar-refractivity contribution in [2.75, 3.05) is 0 Å². The number of benzene rings is 1. The molecule has 0 spiro atoms. The highest BCUT2D eigenvalue weighted by Gasteiger charge is 2.37. The van der Waals surface area contributed by atoms with Gasteiger partial charge in [-0.1, -0.05) is 76.5 Å². The Morgan fingerprint density at radius 2 is 1.33 bits per heavy atom. The Morgan fingerprint density at radius 3 is 1.72 bits per heavy atom. The number of hydrogen-bond acceptors (Lipinski definition) is 1. The first kappa shape index (κ1) is 15.7. The largest absolute Gasteiger partial charge is 0.343 e. The molecule has 0 heterocycles. The van der Waals surface area contributed by atoms with Crippen LogP contribution in [-0.2, 0) is 6.42 Å². The average Bonchev–Trinajstić information content (AvgIpc) is 2.13. The van der Waals surface area contributed by atoms with Gasteiger partial charge in [0.25, 0.3) is 0 Å². The summed E-state index contributed by atoms with van der Waals surface area (Å²) in [5.41, 5.74) is 1.46. The summed E-state index contributed by atoms with van der Waals surface area (Å²) in [6, 6.07) is 11.6. The van der Waals surface area contributed by atoms with Gasteiger partial charge >= 0.3 is 0 Å². The molecular weight excluding hydrogens is 250 g/mol. The van der Waals surface area contributed by atoms with Gasteiger partial charge in [0.1, 0.15) is 16.5 Å². The van der Waals surface area contributed by atoms with Crippen molar-refractivity contribution in [1.29, 1.82) is 0 Å². The molecule has 1 aromatic carbocycles. The molecule has 1 atom stereocenters. The molecule has 1 rings (SSSR count). The van der Waals surface area contributed by atoms with Crippen LogP contribution in [0.15, 0.2) is 30.3 Å². The van der Waals surface area contributed by atoms with Crippen molar-refractivity contribution >= 4 is 16.5 Å². The predicted molar refractivity (Wildman–Crippen MR) is 88.1 cm³/mol. The summed E-state index contributed by atoms with van der Waals surface area (Å²) in [6.45, 7) is 17.3. The van der Waals surface area contributed by atoms with Gasteiger partial charge < -0.3 is 4.23 Å². The van der Waals surface area contributed by atoms with Crippen LogP contribution < -0.4 is 0 Å². The van der Waals surface area contributed by atoms with Gasteiger partial charge in [0.2, 0.25) is 0 Å². The minimum atomic E-state index is -1.24. The van der Waals surface area contributed by atoms with Crippen LogP contribution in [0.2, 0.25) is 39.3 Å². The van der Waals surface area contributed by atoms with Crippen LogP contribution in [0.3, 0.4) is 0 Å². The molecule has 0 aliphatic carbocycles. The van der Waals surface area contributed by atoms with E-state index in [1.807, 2.05) is 0 Å². The van der Waals surface area contributed by atoms with Crippen LogP contribution in [-0.4, -0.2) is 26.7 Å². The monoisotopic (exact) mass is 279 g/mol. The molecule has 0 aliphatic heterocycles. The van der Waals surface area contributed by atoms with Gasteiger partial charge in [-0.15, -0.1) is 0 Å². The van der Waals surface area contributed by atoms with Crippen molar-refractivity contribution in [1.82, 2.24) is 4.23 Å². The highest BCUT2D eigenvalue weighted by molar-refractivity contribution is 6.89. The maximum atomic E-state index is 2.90. The van der Waals surface area contributed by atoms with E-state index >= 15 is 0 Å². The van der Waals surface area contributed by atoms with E-state index in [4.69, 9.17) is 0 Å². The maximum absolute atomic E-state index is 2.90. The Labute approximate surface area is 115 Å². The Balaban J connectivity index is 2.88. The first-order valence-corrected chi connectivity index (χ1v) is 13.8. The summed E-state index contributed by atoms with van der Waals surface area (Å²) in [5.74, 6) is 0. The van der Waals surface area contributed by atoms with Crippen molar-refractivity contribution in [3.8, 4) is 0 Å². The van der Waals surface area contributed by atoms with Crippen molar-refractivity contribution in [3.05, 3.63) is 35.9 Å². The van der Waals surface area contributed by atoms with Gasteiger partial charge in [0, 0.05) is 0 Å². The van der Waals surface area contributed by atoms with E-state index in [2.05, 4.69) is 80.8 Å². The summed E-state index contributed by atoms with van der Waals surface area (Å²) in [6.07, 6.45) is 1.18. The Morgan fingerprint density at radius 1 is 0.889 bits per heavy atom. The first-order valence-electron chi connectivity index (χ1n) is 6.96. The summed E-state index contributed by atoms with van der Waals surface area (Å²) in [7, 11) is -2.49. The third-order valence-electron chi connectivity index (χ3n) is 3.26.